The summed E-state index contributed by atoms with van der Waals surface area (Å²) in [5.74, 6) is 3.00. The number of hydrogen-bond donors (Lipinski definition) is 0. The van der Waals surface area contributed by atoms with Gasteiger partial charge in [0.25, 0.3) is 0 Å². The summed E-state index contributed by atoms with van der Waals surface area (Å²) in [5.41, 5.74) is 11.8. The highest BCUT2D eigenvalue weighted by atomic mass is 31.1. The van der Waals surface area contributed by atoms with Crippen LogP contribution in [0.3, 0.4) is 0 Å². The molecule has 1 unspecified atom stereocenters. The molecule has 0 N–H and O–H groups in total. The molecule has 0 radical (unpaired) electrons. The first-order valence-electron chi connectivity index (χ1n) is 17.7. The number of hydrogen-bond acceptors (Lipinski definition) is 4. The third-order valence-electron chi connectivity index (χ3n) is 9.54. The molecule has 260 valence electrons. The van der Waals surface area contributed by atoms with Crippen molar-refractivity contribution in [2.45, 2.75) is 55.4 Å². The van der Waals surface area contributed by atoms with Crippen LogP contribution in [0.25, 0.3) is 11.1 Å². The van der Waals surface area contributed by atoms with Gasteiger partial charge in [-0.3, -0.25) is 0 Å². The first-order chi connectivity index (χ1) is 25.0. The molecule has 1 aliphatic carbocycles. The van der Waals surface area contributed by atoms with E-state index in [1.807, 2.05) is 0 Å². The number of fused-ring (bicyclic) bond motifs is 2. The lowest BCUT2D eigenvalue weighted by Gasteiger charge is -2.28. The van der Waals surface area contributed by atoms with E-state index in [4.69, 9.17) is 18.9 Å². The largest absolute Gasteiger partial charge is 0.454 e. The summed E-state index contributed by atoms with van der Waals surface area (Å²) in [5, 5.41) is 7.54. The van der Waals surface area contributed by atoms with Crippen LogP contribution in [0.4, 0.5) is 0 Å². The van der Waals surface area contributed by atoms with Gasteiger partial charge in [0.15, 0.2) is 23.0 Å². The fourth-order valence-corrected chi connectivity index (χ4v) is 13.5. The van der Waals surface area contributed by atoms with E-state index in [9.17, 15) is 0 Å². The van der Waals surface area contributed by atoms with Crippen molar-refractivity contribution < 1.29 is 18.9 Å². The smallest absolute Gasteiger partial charge is 0.231 e. The Morgan fingerprint density at radius 3 is 1.29 bits per heavy atom. The molecule has 1 atom stereocenters. The summed E-state index contributed by atoms with van der Waals surface area (Å²) >= 11 is 0. The topological polar surface area (TPSA) is 36.9 Å². The lowest BCUT2D eigenvalue weighted by Crippen LogP contribution is -2.25. The second kappa shape index (κ2) is 13.7. The quantitative estimate of drug-likeness (QED) is 0.124. The fourth-order valence-electron chi connectivity index (χ4n) is 7.87. The highest BCUT2D eigenvalue weighted by Gasteiger charge is 2.37. The zero-order chi connectivity index (χ0) is 36.3. The van der Waals surface area contributed by atoms with E-state index in [1.54, 1.807) is 0 Å². The molecule has 52 heavy (non-hydrogen) atoms. The SMILES string of the molecule is CC1=[C+]C(C)=CC(P(c2cc(C)cc(C)c2)c2ccc3c(c2-c2c(P(c4cc(C)cc(C)c4)c4cc(C)cc(C)c4)ccc4c2OCO4)OCO3)=C1. The van der Waals surface area contributed by atoms with Crippen molar-refractivity contribution in [3.8, 4) is 34.1 Å². The molecule has 6 heteroatoms. The van der Waals surface area contributed by atoms with Gasteiger partial charge in [0.1, 0.15) is 11.1 Å². The zero-order valence-electron chi connectivity index (χ0n) is 31.1. The average Bonchev–Trinajstić information content (AvgIpc) is 3.74. The van der Waals surface area contributed by atoms with Crippen molar-refractivity contribution in [2.24, 2.45) is 0 Å². The average molecular weight is 722 g/mol. The molecule has 2 aliphatic heterocycles. The molecule has 0 saturated carbocycles. The van der Waals surface area contributed by atoms with E-state index in [-0.39, 0.29) is 13.6 Å². The summed E-state index contributed by atoms with van der Waals surface area (Å²) in [6.45, 7) is 17.8. The minimum absolute atomic E-state index is 0.163. The molecule has 0 spiro atoms. The summed E-state index contributed by atoms with van der Waals surface area (Å²) in [6.07, 6.45) is 8.13. The van der Waals surface area contributed by atoms with Crippen LogP contribution in [0.2, 0.25) is 0 Å². The van der Waals surface area contributed by atoms with E-state index >= 15 is 0 Å². The van der Waals surface area contributed by atoms with E-state index < -0.39 is 15.8 Å². The van der Waals surface area contributed by atoms with Crippen LogP contribution in [0, 0.1) is 47.6 Å². The maximum Gasteiger partial charge on any atom is 0.231 e. The molecule has 5 aromatic carbocycles. The number of aryl methyl sites for hydroxylation is 6. The van der Waals surface area contributed by atoms with Crippen molar-refractivity contribution in [2.75, 3.05) is 13.6 Å². The first-order valence-corrected chi connectivity index (χ1v) is 20.4. The van der Waals surface area contributed by atoms with Crippen molar-refractivity contribution in [1.82, 2.24) is 0 Å². The normalized spacial score (nSPS) is 14.9. The van der Waals surface area contributed by atoms with E-state index in [2.05, 4.69) is 152 Å². The second-order valence-electron chi connectivity index (χ2n) is 14.3. The van der Waals surface area contributed by atoms with Crippen molar-refractivity contribution in [3.05, 3.63) is 147 Å². The summed E-state index contributed by atoms with van der Waals surface area (Å²) in [4.78, 5) is 0. The summed E-state index contributed by atoms with van der Waals surface area (Å²) in [6, 6.07) is 29.6. The van der Waals surface area contributed by atoms with Gasteiger partial charge in [-0.05, 0) is 114 Å². The van der Waals surface area contributed by atoms with Crippen LogP contribution in [-0.4, -0.2) is 13.6 Å². The molecule has 5 aromatic rings. The monoisotopic (exact) mass is 721 g/mol. The van der Waals surface area contributed by atoms with Gasteiger partial charge in [-0.1, -0.05) is 88.0 Å². The molecular weight excluding hydrogens is 678 g/mol. The Hall–Kier alpha value is -4.71. The maximum atomic E-state index is 6.52. The van der Waals surface area contributed by atoms with Gasteiger partial charge in [-0.15, -0.1) is 0 Å². The molecule has 0 fully saturated rings. The van der Waals surface area contributed by atoms with Gasteiger partial charge in [0.05, 0.1) is 17.5 Å². The molecule has 2 heterocycles. The predicted octanol–water partition coefficient (Wildman–Crippen LogP) is 9.45. The Morgan fingerprint density at radius 1 is 0.462 bits per heavy atom. The van der Waals surface area contributed by atoms with Crippen molar-refractivity contribution in [1.29, 1.82) is 0 Å². The number of allylic oxidation sites excluding steroid dienone is 6. The molecular formula is C46H43O4P2+. The second-order valence-corrected chi connectivity index (χ2v) is 18.7. The molecule has 0 bridgehead atoms. The minimum Gasteiger partial charge on any atom is -0.454 e. The summed E-state index contributed by atoms with van der Waals surface area (Å²) in [7, 11) is -2.13. The van der Waals surface area contributed by atoms with Crippen LogP contribution in [0.1, 0.15) is 47.2 Å². The Bertz CT molecular complexity index is 2250. The van der Waals surface area contributed by atoms with E-state index in [0.717, 1.165) is 45.3 Å². The third kappa shape index (κ3) is 6.46. The lowest BCUT2D eigenvalue weighted by atomic mass is 10.0. The Balaban J connectivity index is 1.49. The Labute approximate surface area is 310 Å². The van der Waals surface area contributed by atoms with Gasteiger partial charge in [0, 0.05) is 25.1 Å². The molecule has 0 saturated heterocycles. The van der Waals surface area contributed by atoms with E-state index in [0.29, 0.717) is 0 Å². The highest BCUT2D eigenvalue weighted by molar-refractivity contribution is 7.80. The number of ether oxygens (including phenoxy) is 4. The molecule has 0 amide bonds. The van der Waals surface area contributed by atoms with Gasteiger partial charge in [-0.2, -0.15) is 0 Å². The van der Waals surface area contributed by atoms with Crippen LogP contribution in [0.5, 0.6) is 23.0 Å². The molecule has 4 nitrogen and oxygen atoms in total. The highest BCUT2D eigenvalue weighted by Crippen LogP contribution is 2.56. The first kappa shape index (κ1) is 34.4. The van der Waals surface area contributed by atoms with Crippen LogP contribution < -0.4 is 45.5 Å². The van der Waals surface area contributed by atoms with Gasteiger partial charge in [-0.25, -0.2) is 0 Å². The van der Waals surface area contributed by atoms with Crippen LogP contribution in [-0.2, 0) is 0 Å². The predicted molar refractivity (Wildman–Crippen MR) is 218 cm³/mol. The van der Waals surface area contributed by atoms with Gasteiger partial charge >= 0.3 is 0 Å². The van der Waals surface area contributed by atoms with Crippen molar-refractivity contribution >= 4 is 42.4 Å². The Morgan fingerprint density at radius 2 is 0.865 bits per heavy atom. The molecule has 8 rings (SSSR count). The maximum absolute atomic E-state index is 6.52. The van der Waals surface area contributed by atoms with Crippen LogP contribution >= 0.6 is 15.8 Å². The lowest BCUT2D eigenvalue weighted by molar-refractivity contribution is 0.173. The number of benzene rings is 5. The zero-order valence-corrected chi connectivity index (χ0v) is 32.9. The Kier molecular flexibility index (Phi) is 9.05. The third-order valence-corrected chi connectivity index (χ3v) is 14.3. The van der Waals surface area contributed by atoms with Crippen LogP contribution in [0.15, 0.2) is 107 Å². The van der Waals surface area contributed by atoms with Gasteiger partial charge < -0.3 is 18.9 Å². The van der Waals surface area contributed by atoms with E-state index in [1.165, 1.54) is 65.2 Å². The minimum atomic E-state index is -1.07. The molecule has 3 aliphatic rings. The van der Waals surface area contributed by atoms with Gasteiger partial charge in [0.2, 0.25) is 13.6 Å². The fraction of sp³-hybridized carbons (Fsp3) is 0.217. The van der Waals surface area contributed by atoms with Crippen molar-refractivity contribution in [3.63, 3.8) is 0 Å². The standard InChI is InChI=1S/C46H43O4P2/c1-27-13-28(2)18-35(17-27)51(36-19-29(3)14-30(4)20-36)41-11-9-39-45(49-25-47-39)43(41)44-42(12-10-40-46(44)50-26-48-40)52(37-21-31(5)15-32(6)22-37)38-23-33(7)16-34(8)24-38/h9-15,17-24H,25-26H2,1-8H3/q+1. The number of rotatable bonds is 7. The molecule has 0 aromatic heterocycles. The summed E-state index contributed by atoms with van der Waals surface area (Å²) < 4.78 is 25.3.